The molecule has 0 N–H and O–H groups in total. The first-order valence-corrected chi connectivity index (χ1v) is 11.0. The van der Waals surface area contributed by atoms with Crippen LogP contribution in [0.3, 0.4) is 0 Å². The van der Waals surface area contributed by atoms with E-state index in [1.165, 1.54) is 11.3 Å². The number of anilines is 1. The van der Waals surface area contributed by atoms with Crippen molar-refractivity contribution >= 4 is 33.2 Å². The highest BCUT2D eigenvalue weighted by atomic mass is 32.1. The number of Topliss-reactive ketones (excluding diaryl/α,β-unsaturated/α-hetero) is 1. The Balaban J connectivity index is 1.33. The van der Waals surface area contributed by atoms with Crippen LogP contribution in [0.1, 0.15) is 15.5 Å². The molecule has 3 aromatic heterocycles. The number of rotatable bonds is 5. The van der Waals surface area contributed by atoms with Gasteiger partial charge in [0, 0.05) is 56.6 Å². The zero-order chi connectivity index (χ0) is 21.4. The summed E-state index contributed by atoms with van der Waals surface area (Å²) in [6.45, 7) is 3.89. The molecular weight excluding hydrogens is 410 g/mol. The summed E-state index contributed by atoms with van der Waals surface area (Å²) in [6.07, 6.45) is 7.42. The maximum absolute atomic E-state index is 12.8. The average molecular weight is 434 g/mol. The molecule has 4 aromatic rings. The Kier molecular flexibility index (Phi) is 5.21. The predicted molar refractivity (Wildman–Crippen MR) is 122 cm³/mol. The number of carbonyl (C=O) groups is 1. The first-order valence-electron chi connectivity index (χ1n) is 10.2. The van der Waals surface area contributed by atoms with E-state index in [-0.39, 0.29) is 12.2 Å². The molecule has 0 aliphatic carbocycles. The summed E-state index contributed by atoms with van der Waals surface area (Å²) in [5.41, 5.74) is 2.89. The fourth-order valence-electron chi connectivity index (χ4n) is 3.67. The van der Waals surface area contributed by atoms with Gasteiger partial charge in [-0.05, 0) is 18.7 Å². The number of aromatic nitrogens is 5. The highest BCUT2D eigenvalue weighted by Crippen LogP contribution is 2.25. The highest BCUT2D eigenvalue weighted by Gasteiger charge is 2.19. The van der Waals surface area contributed by atoms with E-state index in [1.807, 2.05) is 37.6 Å². The molecule has 8 nitrogen and oxygen atoms in total. The molecule has 0 radical (unpaired) electrons. The summed E-state index contributed by atoms with van der Waals surface area (Å²) >= 11 is 1.46. The molecule has 0 saturated carbocycles. The van der Waals surface area contributed by atoms with Crippen molar-refractivity contribution in [1.29, 1.82) is 0 Å². The molecule has 1 fully saturated rings. The molecule has 4 heterocycles. The smallest absolute Gasteiger partial charge is 0.186 e. The third-order valence-electron chi connectivity index (χ3n) is 5.53. The first-order chi connectivity index (χ1) is 15.0. The quantitative estimate of drug-likeness (QED) is 0.448. The number of carbonyl (C=O) groups excluding carboxylic acids is 1. The monoisotopic (exact) mass is 433 g/mol. The van der Waals surface area contributed by atoms with E-state index in [9.17, 15) is 4.79 Å². The summed E-state index contributed by atoms with van der Waals surface area (Å²) in [4.78, 5) is 31.6. The third kappa shape index (κ3) is 4.19. The zero-order valence-electron chi connectivity index (χ0n) is 17.5. The van der Waals surface area contributed by atoms with Crippen LogP contribution in [0, 0.1) is 0 Å². The van der Waals surface area contributed by atoms with Crippen molar-refractivity contribution in [2.75, 3.05) is 38.1 Å². The van der Waals surface area contributed by atoms with Crippen LogP contribution in [0.4, 0.5) is 5.13 Å². The summed E-state index contributed by atoms with van der Waals surface area (Å²) in [5.74, 6) is 0.524. The van der Waals surface area contributed by atoms with Crippen LogP contribution < -0.4 is 4.90 Å². The number of hydrogen-bond acceptors (Lipinski definition) is 8. The lowest BCUT2D eigenvalue weighted by molar-refractivity contribution is 0.0994. The standard InChI is InChI=1S/C22H23N7OS/c1-27-5-7-29(8-6-27)22-24-13-20(31-22)19(30)10-21-23-11-16-4-3-15(9-18(16)26-21)17-12-25-28(2)14-17/h3-4,9,11-14H,5-8,10H2,1-2H3. The molecule has 0 unspecified atom stereocenters. The Morgan fingerprint density at radius 3 is 2.65 bits per heavy atom. The average Bonchev–Trinajstić information content (AvgIpc) is 3.43. The molecule has 1 aliphatic rings. The summed E-state index contributed by atoms with van der Waals surface area (Å²) in [5, 5.41) is 6.09. The van der Waals surface area contributed by atoms with Crippen LogP contribution in [0.25, 0.3) is 22.0 Å². The summed E-state index contributed by atoms with van der Waals surface area (Å²) in [7, 11) is 4.02. The molecular formula is C22H23N7OS. The SMILES string of the molecule is CN1CCN(c2ncc(C(=O)Cc3ncc4ccc(-c5cnn(C)c5)cc4n3)s2)CC1. The normalized spacial score (nSPS) is 15.0. The van der Waals surface area contributed by atoms with Gasteiger partial charge in [0.2, 0.25) is 0 Å². The lowest BCUT2D eigenvalue weighted by Gasteiger charge is -2.32. The van der Waals surface area contributed by atoms with E-state index >= 15 is 0 Å². The van der Waals surface area contributed by atoms with Crippen LogP contribution in [0.15, 0.2) is 43.0 Å². The van der Waals surface area contributed by atoms with Gasteiger partial charge in [0.1, 0.15) is 5.82 Å². The van der Waals surface area contributed by atoms with Gasteiger partial charge in [-0.1, -0.05) is 23.5 Å². The van der Waals surface area contributed by atoms with Gasteiger partial charge in [-0.2, -0.15) is 5.10 Å². The molecule has 158 valence electrons. The van der Waals surface area contributed by atoms with Crippen molar-refractivity contribution in [1.82, 2.24) is 29.6 Å². The molecule has 1 saturated heterocycles. The van der Waals surface area contributed by atoms with Crippen molar-refractivity contribution in [3.05, 3.63) is 53.7 Å². The van der Waals surface area contributed by atoms with E-state index in [1.54, 1.807) is 17.1 Å². The molecule has 0 bridgehead atoms. The molecule has 1 aliphatic heterocycles. The molecule has 31 heavy (non-hydrogen) atoms. The van der Waals surface area contributed by atoms with Crippen molar-refractivity contribution in [3.8, 4) is 11.1 Å². The van der Waals surface area contributed by atoms with Gasteiger partial charge in [-0.25, -0.2) is 15.0 Å². The lowest BCUT2D eigenvalue weighted by Crippen LogP contribution is -2.44. The van der Waals surface area contributed by atoms with Crippen LogP contribution in [0.2, 0.25) is 0 Å². The number of thiazole rings is 1. The fraction of sp³-hybridized carbons (Fsp3) is 0.318. The second-order valence-corrected chi connectivity index (χ2v) is 8.87. The third-order valence-corrected chi connectivity index (χ3v) is 6.63. The second kappa shape index (κ2) is 8.16. The van der Waals surface area contributed by atoms with Gasteiger partial charge in [0.15, 0.2) is 10.9 Å². The zero-order valence-corrected chi connectivity index (χ0v) is 18.3. The number of piperazine rings is 1. The Morgan fingerprint density at radius 1 is 1.03 bits per heavy atom. The number of nitrogens with zero attached hydrogens (tertiary/aromatic N) is 7. The van der Waals surface area contributed by atoms with Gasteiger partial charge in [0.05, 0.1) is 29.2 Å². The van der Waals surface area contributed by atoms with E-state index in [4.69, 9.17) is 0 Å². The molecule has 0 spiro atoms. The van der Waals surface area contributed by atoms with E-state index < -0.39 is 0 Å². The Bertz CT molecular complexity index is 1240. The van der Waals surface area contributed by atoms with Gasteiger partial charge < -0.3 is 9.80 Å². The topological polar surface area (TPSA) is 80.0 Å². The largest absolute Gasteiger partial charge is 0.346 e. The van der Waals surface area contributed by atoms with Crippen LogP contribution in [-0.2, 0) is 13.5 Å². The number of ketones is 1. The van der Waals surface area contributed by atoms with E-state index in [2.05, 4.69) is 36.9 Å². The minimum Gasteiger partial charge on any atom is -0.346 e. The predicted octanol–water partition coefficient (Wildman–Crippen LogP) is 2.66. The first kappa shape index (κ1) is 19.8. The van der Waals surface area contributed by atoms with Crippen LogP contribution in [-0.4, -0.2) is 68.6 Å². The molecule has 5 rings (SSSR count). The Morgan fingerprint density at radius 2 is 1.87 bits per heavy atom. The minimum atomic E-state index is 0.000594. The van der Waals surface area contributed by atoms with Gasteiger partial charge in [-0.15, -0.1) is 0 Å². The minimum absolute atomic E-state index is 0.000594. The molecule has 0 atom stereocenters. The number of fused-ring (bicyclic) bond motifs is 1. The van der Waals surface area contributed by atoms with E-state index in [0.29, 0.717) is 10.7 Å². The van der Waals surface area contributed by atoms with Crippen LogP contribution in [0.5, 0.6) is 0 Å². The maximum Gasteiger partial charge on any atom is 0.186 e. The Labute approximate surface area is 184 Å². The summed E-state index contributed by atoms with van der Waals surface area (Å²) in [6, 6.07) is 6.04. The number of likely N-dealkylation sites (N-methyl/N-ethyl adjacent to an activating group) is 1. The van der Waals surface area contributed by atoms with Crippen LogP contribution >= 0.6 is 11.3 Å². The van der Waals surface area contributed by atoms with Crippen molar-refractivity contribution in [2.24, 2.45) is 7.05 Å². The number of aryl methyl sites for hydroxylation is 1. The van der Waals surface area contributed by atoms with Gasteiger partial charge >= 0.3 is 0 Å². The summed E-state index contributed by atoms with van der Waals surface area (Å²) < 4.78 is 1.77. The van der Waals surface area contributed by atoms with Crippen molar-refractivity contribution in [3.63, 3.8) is 0 Å². The number of benzene rings is 1. The van der Waals surface area contributed by atoms with Crippen molar-refractivity contribution < 1.29 is 4.79 Å². The van der Waals surface area contributed by atoms with E-state index in [0.717, 1.165) is 53.3 Å². The molecule has 1 aromatic carbocycles. The lowest BCUT2D eigenvalue weighted by atomic mass is 10.1. The van der Waals surface area contributed by atoms with Gasteiger partial charge in [-0.3, -0.25) is 9.48 Å². The highest BCUT2D eigenvalue weighted by molar-refractivity contribution is 7.17. The Hall–Kier alpha value is -3.17. The molecule has 9 heteroatoms. The van der Waals surface area contributed by atoms with Gasteiger partial charge in [0.25, 0.3) is 0 Å². The number of hydrogen-bond donors (Lipinski definition) is 0. The second-order valence-electron chi connectivity index (χ2n) is 7.86. The maximum atomic E-state index is 12.8. The fourth-order valence-corrected chi connectivity index (χ4v) is 4.57. The molecule has 0 amide bonds. The van der Waals surface area contributed by atoms with Crippen molar-refractivity contribution in [2.45, 2.75) is 6.42 Å².